The number of halogens is 1. The standard InChI is InChI=1S/C5H3BrN2O2.C2H6/c6-5-4(8(9)10)2-1-3-7-5;1-2/h1-3H;1-2H3. The zero-order valence-corrected chi connectivity index (χ0v) is 8.41. The Balaban J connectivity index is 0.000000561. The third kappa shape index (κ3) is 2.96. The molecule has 0 saturated heterocycles. The zero-order valence-electron chi connectivity index (χ0n) is 6.82. The smallest absolute Gasteiger partial charge is 0.258 e. The molecular formula is C7H9BrN2O2. The van der Waals surface area contributed by atoms with Gasteiger partial charge in [-0.2, -0.15) is 0 Å². The third-order valence-corrected chi connectivity index (χ3v) is 1.55. The van der Waals surface area contributed by atoms with Crippen molar-refractivity contribution in [3.05, 3.63) is 33.0 Å². The largest absolute Gasteiger partial charge is 0.301 e. The molecule has 12 heavy (non-hydrogen) atoms. The van der Waals surface area contributed by atoms with Gasteiger partial charge in [0.1, 0.15) is 0 Å². The van der Waals surface area contributed by atoms with Crippen LogP contribution in [0.5, 0.6) is 0 Å². The van der Waals surface area contributed by atoms with Gasteiger partial charge in [-0.05, 0) is 22.0 Å². The number of hydrogen-bond acceptors (Lipinski definition) is 3. The quantitative estimate of drug-likeness (QED) is 0.425. The molecule has 0 fully saturated rings. The van der Waals surface area contributed by atoms with E-state index in [1.54, 1.807) is 0 Å². The second-order valence-corrected chi connectivity index (χ2v) is 2.32. The average Bonchev–Trinajstić information content (AvgIpc) is 2.08. The van der Waals surface area contributed by atoms with E-state index in [1.165, 1.54) is 18.3 Å². The van der Waals surface area contributed by atoms with Crippen LogP contribution < -0.4 is 0 Å². The molecule has 0 spiro atoms. The van der Waals surface area contributed by atoms with Gasteiger partial charge in [-0.1, -0.05) is 13.8 Å². The fourth-order valence-corrected chi connectivity index (χ4v) is 0.909. The van der Waals surface area contributed by atoms with Crippen molar-refractivity contribution in [3.8, 4) is 0 Å². The molecule has 0 amide bonds. The molecule has 0 radical (unpaired) electrons. The summed E-state index contributed by atoms with van der Waals surface area (Å²) in [5.41, 5.74) is -0.0116. The van der Waals surface area contributed by atoms with E-state index in [1.807, 2.05) is 13.8 Å². The first kappa shape index (κ1) is 11.0. The fourth-order valence-electron chi connectivity index (χ4n) is 0.514. The summed E-state index contributed by atoms with van der Waals surface area (Å²) in [6, 6.07) is 2.90. The lowest BCUT2D eigenvalue weighted by molar-refractivity contribution is -0.386. The first-order valence-corrected chi connectivity index (χ1v) is 4.26. The highest BCUT2D eigenvalue weighted by molar-refractivity contribution is 9.10. The minimum atomic E-state index is -0.489. The summed E-state index contributed by atoms with van der Waals surface area (Å²) in [7, 11) is 0. The molecule has 1 aromatic rings. The number of nitrogens with zero attached hydrogens (tertiary/aromatic N) is 2. The van der Waals surface area contributed by atoms with Crippen molar-refractivity contribution in [3.63, 3.8) is 0 Å². The predicted molar refractivity (Wildman–Crippen MR) is 49.9 cm³/mol. The number of aromatic nitrogens is 1. The normalized spacial score (nSPS) is 8.25. The molecule has 0 N–H and O–H groups in total. The Morgan fingerprint density at radius 1 is 1.58 bits per heavy atom. The van der Waals surface area contributed by atoms with E-state index in [4.69, 9.17) is 0 Å². The van der Waals surface area contributed by atoms with Crippen LogP contribution in [-0.4, -0.2) is 9.91 Å². The maximum Gasteiger partial charge on any atom is 0.301 e. The van der Waals surface area contributed by atoms with Crippen molar-refractivity contribution < 1.29 is 4.92 Å². The molecule has 1 rings (SSSR count). The highest BCUT2D eigenvalue weighted by Gasteiger charge is 2.09. The van der Waals surface area contributed by atoms with Gasteiger partial charge in [-0.15, -0.1) is 0 Å². The van der Waals surface area contributed by atoms with E-state index in [0.717, 1.165) is 0 Å². The summed E-state index contributed by atoms with van der Waals surface area (Å²) in [5, 5.41) is 10.2. The second-order valence-electron chi connectivity index (χ2n) is 1.57. The Labute approximate surface area is 78.9 Å². The Morgan fingerprint density at radius 2 is 2.17 bits per heavy atom. The molecule has 0 bridgehead atoms. The maximum absolute atomic E-state index is 10.2. The highest BCUT2D eigenvalue weighted by atomic mass is 79.9. The first-order chi connectivity index (χ1) is 5.72. The van der Waals surface area contributed by atoms with Gasteiger partial charge in [-0.3, -0.25) is 10.1 Å². The van der Waals surface area contributed by atoms with Gasteiger partial charge >= 0.3 is 5.69 Å². The van der Waals surface area contributed by atoms with Crippen LogP contribution in [0.4, 0.5) is 5.69 Å². The van der Waals surface area contributed by atoms with Crippen LogP contribution in [0.15, 0.2) is 22.9 Å². The van der Waals surface area contributed by atoms with Crippen LogP contribution >= 0.6 is 15.9 Å². The number of pyridine rings is 1. The van der Waals surface area contributed by atoms with Gasteiger partial charge in [0.05, 0.1) is 4.92 Å². The molecule has 5 heteroatoms. The topological polar surface area (TPSA) is 56.0 Å². The first-order valence-electron chi connectivity index (χ1n) is 3.46. The van der Waals surface area contributed by atoms with Gasteiger partial charge in [0.25, 0.3) is 0 Å². The van der Waals surface area contributed by atoms with Crippen molar-refractivity contribution >= 4 is 21.6 Å². The molecule has 0 saturated carbocycles. The van der Waals surface area contributed by atoms with Crippen molar-refractivity contribution in [1.29, 1.82) is 0 Å². The zero-order chi connectivity index (χ0) is 9.56. The molecule has 0 aliphatic heterocycles. The lowest BCUT2D eigenvalue weighted by atomic mass is 10.4. The van der Waals surface area contributed by atoms with Crippen molar-refractivity contribution in [2.24, 2.45) is 0 Å². The lowest BCUT2D eigenvalue weighted by Gasteiger charge is -1.90. The highest BCUT2D eigenvalue weighted by Crippen LogP contribution is 2.19. The van der Waals surface area contributed by atoms with Crippen LogP contribution in [0.2, 0.25) is 0 Å². The predicted octanol–water partition coefficient (Wildman–Crippen LogP) is 2.78. The second kappa shape index (κ2) is 5.65. The number of rotatable bonds is 1. The van der Waals surface area contributed by atoms with E-state index in [2.05, 4.69) is 20.9 Å². The molecule has 66 valence electrons. The Morgan fingerprint density at radius 3 is 2.50 bits per heavy atom. The van der Waals surface area contributed by atoms with Gasteiger partial charge < -0.3 is 0 Å². The summed E-state index contributed by atoms with van der Waals surface area (Å²) in [6.07, 6.45) is 1.48. The molecule has 1 aromatic heterocycles. The fraction of sp³-hybridized carbons (Fsp3) is 0.286. The van der Waals surface area contributed by atoms with E-state index >= 15 is 0 Å². The van der Waals surface area contributed by atoms with Crippen molar-refractivity contribution in [2.75, 3.05) is 0 Å². The van der Waals surface area contributed by atoms with Crippen molar-refractivity contribution in [2.45, 2.75) is 13.8 Å². The summed E-state index contributed by atoms with van der Waals surface area (Å²) < 4.78 is 0.264. The molecule has 4 nitrogen and oxygen atoms in total. The van der Waals surface area contributed by atoms with Crippen LogP contribution in [0.25, 0.3) is 0 Å². The molecule has 0 aromatic carbocycles. The minimum Gasteiger partial charge on any atom is -0.258 e. The summed E-state index contributed by atoms with van der Waals surface area (Å²) in [5.74, 6) is 0. The SMILES string of the molecule is CC.O=[N+]([O-])c1cccnc1Br. The summed E-state index contributed by atoms with van der Waals surface area (Å²) in [6.45, 7) is 4.00. The molecule has 0 aliphatic rings. The number of hydrogen-bond donors (Lipinski definition) is 0. The van der Waals surface area contributed by atoms with Gasteiger partial charge in [-0.25, -0.2) is 4.98 Å². The van der Waals surface area contributed by atoms with Crippen LogP contribution in [0.1, 0.15) is 13.8 Å². The van der Waals surface area contributed by atoms with E-state index < -0.39 is 4.92 Å². The summed E-state index contributed by atoms with van der Waals surface area (Å²) in [4.78, 5) is 13.3. The summed E-state index contributed by atoms with van der Waals surface area (Å²) >= 11 is 2.94. The average molecular weight is 233 g/mol. The monoisotopic (exact) mass is 232 g/mol. The Bertz CT molecular complexity index is 265. The lowest BCUT2D eigenvalue weighted by Crippen LogP contribution is -1.89. The van der Waals surface area contributed by atoms with E-state index in [-0.39, 0.29) is 10.3 Å². The molecule has 0 unspecified atom stereocenters. The van der Waals surface area contributed by atoms with Crippen LogP contribution in [-0.2, 0) is 0 Å². The van der Waals surface area contributed by atoms with Crippen molar-refractivity contribution in [1.82, 2.24) is 4.98 Å². The van der Waals surface area contributed by atoms with Crippen LogP contribution in [0, 0.1) is 10.1 Å². The van der Waals surface area contributed by atoms with E-state index in [0.29, 0.717) is 0 Å². The van der Waals surface area contributed by atoms with Gasteiger partial charge in [0.2, 0.25) is 0 Å². The Kier molecular flexibility index (Phi) is 5.19. The Hall–Kier alpha value is -0.970. The molecule has 0 atom stereocenters. The molecule has 0 aliphatic carbocycles. The third-order valence-electron chi connectivity index (χ3n) is 0.936. The van der Waals surface area contributed by atoms with E-state index in [9.17, 15) is 10.1 Å². The molecule has 1 heterocycles. The number of nitro groups is 1. The minimum absolute atomic E-state index is 0.0116. The van der Waals surface area contributed by atoms with Gasteiger partial charge in [0, 0.05) is 12.3 Å². The van der Waals surface area contributed by atoms with Crippen LogP contribution in [0.3, 0.4) is 0 Å². The maximum atomic E-state index is 10.2. The molecular weight excluding hydrogens is 224 g/mol. The van der Waals surface area contributed by atoms with Gasteiger partial charge in [0.15, 0.2) is 4.60 Å².